The van der Waals surface area contributed by atoms with Crippen LogP contribution in [0.25, 0.3) is 0 Å². The first-order valence-electron chi connectivity index (χ1n) is 7.25. The van der Waals surface area contributed by atoms with Crippen molar-refractivity contribution in [2.75, 3.05) is 34.3 Å². The molecule has 0 saturated carbocycles. The molecular formula is C16H26N2O. The lowest BCUT2D eigenvalue weighted by Gasteiger charge is -2.33. The molecule has 3 heteroatoms. The molecule has 1 aromatic rings. The summed E-state index contributed by atoms with van der Waals surface area (Å²) in [6.07, 6.45) is 3.90. The van der Waals surface area contributed by atoms with Crippen LogP contribution in [-0.2, 0) is 0 Å². The highest BCUT2D eigenvalue weighted by atomic mass is 16.5. The summed E-state index contributed by atoms with van der Waals surface area (Å²) in [6, 6.07) is 8.91. The molecule has 2 unspecified atom stereocenters. The molecule has 1 N–H and O–H groups in total. The maximum atomic E-state index is 5.57. The van der Waals surface area contributed by atoms with Gasteiger partial charge in [0.25, 0.3) is 0 Å². The Bertz CT molecular complexity index is 394. The molecule has 0 aliphatic carbocycles. The SMILES string of the molecule is CNCC1CCCCN(C)C1c1ccccc1OC. The molecule has 3 nitrogen and oxygen atoms in total. The number of methoxy groups -OCH3 is 1. The Morgan fingerprint density at radius 3 is 2.84 bits per heavy atom. The van der Waals surface area contributed by atoms with Gasteiger partial charge in [-0.25, -0.2) is 0 Å². The Morgan fingerprint density at radius 2 is 2.11 bits per heavy atom. The van der Waals surface area contributed by atoms with Gasteiger partial charge >= 0.3 is 0 Å². The van der Waals surface area contributed by atoms with Gasteiger partial charge in [-0.3, -0.25) is 4.90 Å². The van der Waals surface area contributed by atoms with Gasteiger partial charge in [-0.2, -0.15) is 0 Å². The molecular weight excluding hydrogens is 236 g/mol. The van der Waals surface area contributed by atoms with Crippen LogP contribution in [-0.4, -0.2) is 39.2 Å². The maximum Gasteiger partial charge on any atom is 0.123 e. The molecule has 2 rings (SSSR count). The summed E-state index contributed by atoms with van der Waals surface area (Å²) in [5, 5.41) is 3.36. The predicted octanol–water partition coefficient (Wildman–Crippen LogP) is 2.69. The van der Waals surface area contributed by atoms with E-state index in [-0.39, 0.29) is 0 Å². The lowest BCUT2D eigenvalue weighted by Crippen LogP contribution is -2.34. The Balaban J connectivity index is 2.34. The first-order chi connectivity index (χ1) is 9.27. The molecule has 1 aliphatic heterocycles. The Labute approximate surface area is 116 Å². The summed E-state index contributed by atoms with van der Waals surface area (Å²) in [6.45, 7) is 2.23. The van der Waals surface area contributed by atoms with Crippen LogP contribution in [0.3, 0.4) is 0 Å². The van der Waals surface area contributed by atoms with Crippen molar-refractivity contribution in [3.63, 3.8) is 0 Å². The molecule has 0 spiro atoms. The molecule has 1 heterocycles. The van der Waals surface area contributed by atoms with E-state index in [4.69, 9.17) is 4.74 Å². The van der Waals surface area contributed by atoms with Gasteiger partial charge in [0.2, 0.25) is 0 Å². The average Bonchev–Trinajstić information content (AvgIpc) is 2.61. The third-order valence-corrected chi connectivity index (χ3v) is 4.18. The van der Waals surface area contributed by atoms with E-state index in [2.05, 4.69) is 35.5 Å². The van der Waals surface area contributed by atoms with Crippen LogP contribution in [0.15, 0.2) is 24.3 Å². The van der Waals surface area contributed by atoms with Crippen molar-refractivity contribution in [3.8, 4) is 5.75 Å². The van der Waals surface area contributed by atoms with Crippen molar-refractivity contribution in [3.05, 3.63) is 29.8 Å². The van der Waals surface area contributed by atoms with Gasteiger partial charge in [0, 0.05) is 11.6 Å². The van der Waals surface area contributed by atoms with Crippen LogP contribution < -0.4 is 10.1 Å². The zero-order chi connectivity index (χ0) is 13.7. The second-order valence-corrected chi connectivity index (χ2v) is 5.48. The van der Waals surface area contributed by atoms with Crippen molar-refractivity contribution in [2.45, 2.75) is 25.3 Å². The van der Waals surface area contributed by atoms with Gasteiger partial charge in [-0.15, -0.1) is 0 Å². The zero-order valence-electron chi connectivity index (χ0n) is 12.4. The van der Waals surface area contributed by atoms with Gasteiger partial charge in [-0.05, 0) is 52.0 Å². The predicted molar refractivity (Wildman–Crippen MR) is 79.6 cm³/mol. The molecule has 0 radical (unpaired) electrons. The van der Waals surface area contributed by atoms with Gasteiger partial charge in [-0.1, -0.05) is 24.6 Å². The number of para-hydroxylation sites is 1. The van der Waals surface area contributed by atoms with E-state index in [1.54, 1.807) is 7.11 Å². The highest BCUT2D eigenvalue weighted by Crippen LogP contribution is 2.38. The number of hydrogen-bond acceptors (Lipinski definition) is 3. The molecule has 1 fully saturated rings. The van der Waals surface area contributed by atoms with Gasteiger partial charge in [0.05, 0.1) is 7.11 Å². The summed E-state index contributed by atoms with van der Waals surface area (Å²) >= 11 is 0. The van der Waals surface area contributed by atoms with Gasteiger partial charge in [0.1, 0.15) is 5.75 Å². The molecule has 1 saturated heterocycles. The van der Waals surface area contributed by atoms with Crippen molar-refractivity contribution in [2.24, 2.45) is 5.92 Å². The smallest absolute Gasteiger partial charge is 0.123 e. The largest absolute Gasteiger partial charge is 0.496 e. The Morgan fingerprint density at radius 1 is 1.32 bits per heavy atom. The number of likely N-dealkylation sites (tertiary alicyclic amines) is 1. The second-order valence-electron chi connectivity index (χ2n) is 5.48. The molecule has 0 aromatic heterocycles. The first-order valence-corrected chi connectivity index (χ1v) is 7.25. The van der Waals surface area contributed by atoms with Crippen LogP contribution in [0.5, 0.6) is 5.75 Å². The number of nitrogens with one attached hydrogen (secondary N) is 1. The first kappa shape index (κ1) is 14.4. The highest BCUT2D eigenvalue weighted by molar-refractivity contribution is 5.36. The molecule has 1 aromatic carbocycles. The lowest BCUT2D eigenvalue weighted by molar-refractivity contribution is 0.186. The fourth-order valence-electron chi connectivity index (χ4n) is 3.30. The van der Waals surface area contributed by atoms with Crippen LogP contribution >= 0.6 is 0 Å². The van der Waals surface area contributed by atoms with E-state index in [1.807, 2.05) is 13.1 Å². The normalized spacial score (nSPS) is 25.0. The van der Waals surface area contributed by atoms with Crippen molar-refractivity contribution < 1.29 is 4.74 Å². The van der Waals surface area contributed by atoms with E-state index < -0.39 is 0 Å². The maximum absolute atomic E-state index is 5.57. The molecule has 2 atom stereocenters. The third-order valence-electron chi connectivity index (χ3n) is 4.18. The van der Waals surface area contributed by atoms with E-state index in [9.17, 15) is 0 Å². The Kier molecular flexibility index (Phi) is 5.23. The second kappa shape index (κ2) is 6.92. The van der Waals surface area contributed by atoms with Crippen LogP contribution in [0, 0.1) is 5.92 Å². The number of benzene rings is 1. The van der Waals surface area contributed by atoms with E-state index >= 15 is 0 Å². The van der Waals surface area contributed by atoms with E-state index in [1.165, 1.54) is 31.4 Å². The van der Waals surface area contributed by atoms with Crippen molar-refractivity contribution >= 4 is 0 Å². The van der Waals surface area contributed by atoms with Gasteiger partial charge < -0.3 is 10.1 Å². The minimum Gasteiger partial charge on any atom is -0.496 e. The van der Waals surface area contributed by atoms with E-state index in [0.717, 1.165) is 12.3 Å². The highest BCUT2D eigenvalue weighted by Gasteiger charge is 2.30. The Hall–Kier alpha value is -1.06. The molecule has 0 amide bonds. The van der Waals surface area contributed by atoms with Gasteiger partial charge in [0.15, 0.2) is 0 Å². The molecule has 0 bridgehead atoms. The minimum atomic E-state index is 0.450. The summed E-state index contributed by atoms with van der Waals surface area (Å²) in [4.78, 5) is 2.49. The fourth-order valence-corrected chi connectivity index (χ4v) is 3.30. The summed E-state index contributed by atoms with van der Waals surface area (Å²) in [5.41, 5.74) is 1.33. The van der Waals surface area contributed by atoms with Crippen LogP contribution in [0.1, 0.15) is 30.9 Å². The minimum absolute atomic E-state index is 0.450. The molecule has 1 aliphatic rings. The van der Waals surface area contributed by atoms with E-state index in [0.29, 0.717) is 12.0 Å². The van der Waals surface area contributed by atoms with Crippen molar-refractivity contribution in [1.82, 2.24) is 10.2 Å². The fraction of sp³-hybridized carbons (Fsp3) is 0.625. The molecule has 19 heavy (non-hydrogen) atoms. The third kappa shape index (κ3) is 3.28. The quantitative estimate of drug-likeness (QED) is 0.903. The number of nitrogens with zero attached hydrogens (tertiary/aromatic N) is 1. The molecule has 106 valence electrons. The number of rotatable bonds is 4. The topological polar surface area (TPSA) is 24.5 Å². The monoisotopic (exact) mass is 262 g/mol. The number of hydrogen-bond donors (Lipinski definition) is 1. The zero-order valence-corrected chi connectivity index (χ0v) is 12.4. The van der Waals surface area contributed by atoms with Crippen LogP contribution in [0.4, 0.5) is 0 Å². The van der Waals surface area contributed by atoms with Crippen molar-refractivity contribution in [1.29, 1.82) is 0 Å². The van der Waals surface area contributed by atoms with Crippen LogP contribution in [0.2, 0.25) is 0 Å². The average molecular weight is 262 g/mol. The lowest BCUT2D eigenvalue weighted by atomic mass is 9.88. The summed E-state index contributed by atoms with van der Waals surface area (Å²) in [7, 11) is 6.05. The summed E-state index contributed by atoms with van der Waals surface area (Å²) in [5.74, 6) is 1.66. The standard InChI is InChI=1S/C16H26N2O/c1-17-12-13-8-6-7-11-18(2)16(13)14-9-4-5-10-15(14)19-3/h4-5,9-10,13,16-17H,6-8,11-12H2,1-3H3. The number of ether oxygens (including phenoxy) is 1. The summed E-state index contributed by atoms with van der Waals surface area (Å²) < 4.78 is 5.57.